The number of aliphatic hydroxyl groups is 1. The lowest BCUT2D eigenvalue weighted by Gasteiger charge is -2.32. The molecule has 1 aromatic carbocycles. The van der Waals surface area contributed by atoms with Gasteiger partial charge in [-0.1, -0.05) is 18.2 Å². The highest BCUT2D eigenvalue weighted by Crippen LogP contribution is 2.31. The molecule has 1 aliphatic heterocycles. The second-order valence-electron chi connectivity index (χ2n) is 10.5. The lowest BCUT2D eigenvalue weighted by Crippen LogP contribution is -2.48. The number of carbonyl (C=O) groups is 2. The van der Waals surface area contributed by atoms with Crippen LogP contribution in [0.15, 0.2) is 40.5 Å². The van der Waals surface area contributed by atoms with Crippen LogP contribution < -0.4 is 10.5 Å². The highest BCUT2D eigenvalue weighted by Gasteiger charge is 2.29. The number of amides is 1. The first-order valence-electron chi connectivity index (χ1n) is 13.7. The fourth-order valence-electron chi connectivity index (χ4n) is 5.54. The molecule has 3 N–H and O–H groups in total. The number of aryl methyl sites for hydroxylation is 1. The Morgan fingerprint density at radius 3 is 2.73 bits per heavy atom. The molecule has 8 heteroatoms. The zero-order valence-electron chi connectivity index (χ0n) is 22.0. The van der Waals surface area contributed by atoms with Crippen molar-refractivity contribution in [2.45, 2.75) is 76.9 Å². The largest absolute Gasteiger partial charge is 0.490 e. The predicted molar refractivity (Wildman–Crippen MR) is 143 cm³/mol. The van der Waals surface area contributed by atoms with Gasteiger partial charge in [0.1, 0.15) is 11.4 Å². The minimum Gasteiger partial charge on any atom is -0.490 e. The molecule has 0 radical (unpaired) electrons. The summed E-state index contributed by atoms with van der Waals surface area (Å²) in [6.45, 7) is 3.26. The summed E-state index contributed by atoms with van der Waals surface area (Å²) in [5.41, 5.74) is 9.22. The SMILES string of the molecule is Cc1ccccc1OC1CCC(CCC(=O)CN=C2CCC/C2=C(/N)C(=O)N2CCO[C@@H](CO)C2)CC1. The van der Waals surface area contributed by atoms with Crippen molar-refractivity contribution in [2.75, 3.05) is 32.8 Å². The van der Waals surface area contributed by atoms with Crippen molar-refractivity contribution in [3.05, 3.63) is 41.1 Å². The summed E-state index contributed by atoms with van der Waals surface area (Å²) >= 11 is 0. The first-order valence-corrected chi connectivity index (χ1v) is 13.7. The van der Waals surface area contributed by atoms with Gasteiger partial charge in [-0.05, 0) is 75.8 Å². The maximum atomic E-state index is 12.9. The molecule has 1 saturated heterocycles. The number of nitrogens with two attached hydrogens (primary N) is 1. The van der Waals surface area contributed by atoms with E-state index in [1.807, 2.05) is 18.2 Å². The smallest absolute Gasteiger partial charge is 0.270 e. The summed E-state index contributed by atoms with van der Waals surface area (Å²) in [4.78, 5) is 31.8. The number of para-hydroxylation sites is 1. The van der Waals surface area contributed by atoms with E-state index in [4.69, 9.17) is 15.2 Å². The molecule has 3 aliphatic rings. The number of benzene rings is 1. The van der Waals surface area contributed by atoms with Gasteiger partial charge in [0.15, 0.2) is 5.78 Å². The molecule has 202 valence electrons. The van der Waals surface area contributed by atoms with Gasteiger partial charge in [-0.3, -0.25) is 14.6 Å². The molecular weight excluding hydrogens is 470 g/mol. The molecule has 0 unspecified atom stereocenters. The Morgan fingerprint density at radius 1 is 1.19 bits per heavy atom. The molecule has 4 rings (SSSR count). The molecule has 0 bridgehead atoms. The number of morpholine rings is 1. The third-order valence-corrected chi connectivity index (χ3v) is 7.83. The molecule has 1 atom stereocenters. The van der Waals surface area contributed by atoms with E-state index in [9.17, 15) is 14.7 Å². The average Bonchev–Trinajstić information content (AvgIpc) is 3.40. The predicted octanol–water partition coefficient (Wildman–Crippen LogP) is 3.34. The van der Waals surface area contributed by atoms with Gasteiger partial charge in [-0.25, -0.2) is 0 Å². The number of rotatable bonds is 9. The van der Waals surface area contributed by atoms with Crippen LogP contribution >= 0.6 is 0 Å². The summed E-state index contributed by atoms with van der Waals surface area (Å²) in [7, 11) is 0. The normalized spacial score (nSPS) is 26.8. The lowest BCUT2D eigenvalue weighted by atomic mass is 9.84. The van der Waals surface area contributed by atoms with Crippen molar-refractivity contribution >= 4 is 17.4 Å². The maximum Gasteiger partial charge on any atom is 0.270 e. The van der Waals surface area contributed by atoms with E-state index in [0.717, 1.165) is 62.0 Å². The molecule has 1 heterocycles. The number of hydrogen-bond donors (Lipinski definition) is 2. The summed E-state index contributed by atoms with van der Waals surface area (Å²) in [6, 6.07) is 8.14. The Bertz CT molecular complexity index is 1010. The van der Waals surface area contributed by atoms with E-state index in [1.54, 1.807) is 4.90 Å². The van der Waals surface area contributed by atoms with Crippen LogP contribution in [0, 0.1) is 12.8 Å². The highest BCUT2D eigenvalue weighted by atomic mass is 16.5. The van der Waals surface area contributed by atoms with Gasteiger partial charge in [0.25, 0.3) is 5.91 Å². The fraction of sp³-hybridized carbons (Fsp3) is 0.621. The van der Waals surface area contributed by atoms with E-state index in [-0.39, 0.29) is 42.7 Å². The standard InChI is InChI=1S/C29H41N3O5/c1-20-5-2-3-8-27(20)37-23-13-10-21(11-14-23)9-12-22(34)17-31-26-7-4-6-25(26)28(30)29(35)32-15-16-36-24(18-32)19-33/h2-3,5,8,21,23-24,33H,4,6-7,9-19,30H2,1H3/b28-25-,31-26?/t21?,23?,24-/m1/s1. The van der Waals surface area contributed by atoms with E-state index < -0.39 is 0 Å². The second kappa shape index (κ2) is 13.2. The number of ketones is 1. The third-order valence-electron chi connectivity index (χ3n) is 7.83. The Labute approximate surface area is 219 Å². The fourth-order valence-corrected chi connectivity index (χ4v) is 5.54. The minimum atomic E-state index is -0.375. The van der Waals surface area contributed by atoms with E-state index in [0.29, 0.717) is 38.5 Å². The van der Waals surface area contributed by atoms with Gasteiger partial charge in [0.2, 0.25) is 0 Å². The van der Waals surface area contributed by atoms with E-state index >= 15 is 0 Å². The van der Waals surface area contributed by atoms with Crippen molar-refractivity contribution in [3.63, 3.8) is 0 Å². The molecule has 8 nitrogen and oxygen atoms in total. The molecule has 37 heavy (non-hydrogen) atoms. The minimum absolute atomic E-state index is 0.127. The molecule has 1 aromatic rings. The first-order chi connectivity index (χ1) is 17.9. The van der Waals surface area contributed by atoms with Crippen LogP contribution in [0.25, 0.3) is 0 Å². The molecule has 1 amide bonds. The maximum absolute atomic E-state index is 12.9. The van der Waals surface area contributed by atoms with Crippen LogP contribution in [0.3, 0.4) is 0 Å². The molecule has 2 saturated carbocycles. The number of allylic oxidation sites excluding steroid dienone is 1. The quantitative estimate of drug-likeness (QED) is 0.492. The second-order valence-corrected chi connectivity index (χ2v) is 10.5. The number of aliphatic imine (C=N–C) groups is 1. The Balaban J connectivity index is 1.22. The zero-order valence-corrected chi connectivity index (χ0v) is 22.0. The molecule has 0 spiro atoms. The number of hydrogen-bond acceptors (Lipinski definition) is 7. The average molecular weight is 512 g/mol. The Kier molecular flexibility index (Phi) is 9.75. The summed E-state index contributed by atoms with van der Waals surface area (Å²) in [5, 5.41) is 9.34. The Hall–Kier alpha value is -2.71. The van der Waals surface area contributed by atoms with E-state index in [1.165, 1.54) is 5.56 Å². The van der Waals surface area contributed by atoms with Gasteiger partial charge in [0.05, 0.1) is 32.0 Å². The third kappa shape index (κ3) is 7.42. The number of carbonyl (C=O) groups excluding carboxylic acids is 2. The van der Waals surface area contributed by atoms with Gasteiger partial charge in [-0.15, -0.1) is 0 Å². The van der Waals surface area contributed by atoms with Crippen molar-refractivity contribution in [1.29, 1.82) is 0 Å². The van der Waals surface area contributed by atoms with Crippen LogP contribution in [-0.4, -0.2) is 72.5 Å². The van der Waals surface area contributed by atoms with Crippen LogP contribution in [0.2, 0.25) is 0 Å². The summed E-state index contributed by atoms with van der Waals surface area (Å²) < 4.78 is 11.6. The van der Waals surface area contributed by atoms with Crippen molar-refractivity contribution in [3.8, 4) is 5.75 Å². The highest BCUT2D eigenvalue weighted by molar-refractivity contribution is 6.09. The van der Waals surface area contributed by atoms with Crippen LogP contribution in [0.1, 0.15) is 63.4 Å². The van der Waals surface area contributed by atoms with Gasteiger partial charge >= 0.3 is 0 Å². The zero-order chi connectivity index (χ0) is 26.2. The van der Waals surface area contributed by atoms with Crippen molar-refractivity contribution < 1.29 is 24.2 Å². The van der Waals surface area contributed by atoms with Gasteiger partial charge in [-0.2, -0.15) is 0 Å². The van der Waals surface area contributed by atoms with Gasteiger partial charge < -0.3 is 25.2 Å². The van der Waals surface area contributed by atoms with Crippen molar-refractivity contribution in [2.24, 2.45) is 16.6 Å². The molecule has 2 aliphatic carbocycles. The van der Waals surface area contributed by atoms with E-state index in [2.05, 4.69) is 18.0 Å². The Morgan fingerprint density at radius 2 is 1.97 bits per heavy atom. The lowest BCUT2D eigenvalue weighted by molar-refractivity contribution is -0.136. The van der Waals surface area contributed by atoms with Gasteiger partial charge in [0, 0.05) is 30.8 Å². The van der Waals surface area contributed by atoms with Crippen LogP contribution in [0.4, 0.5) is 0 Å². The summed E-state index contributed by atoms with van der Waals surface area (Å²) in [6.07, 6.45) is 7.86. The van der Waals surface area contributed by atoms with Crippen LogP contribution in [0.5, 0.6) is 5.75 Å². The number of nitrogens with zero attached hydrogens (tertiary/aromatic N) is 2. The number of ether oxygens (including phenoxy) is 2. The topological polar surface area (TPSA) is 114 Å². The molecule has 0 aromatic heterocycles. The molecular formula is C29H41N3O5. The van der Waals surface area contributed by atoms with Crippen molar-refractivity contribution in [1.82, 2.24) is 4.90 Å². The number of aliphatic hydroxyl groups excluding tert-OH is 1. The summed E-state index contributed by atoms with van der Waals surface area (Å²) in [5.74, 6) is 1.43. The number of Topliss-reactive ketones (excluding diaryl/α,β-unsaturated/α-hetero) is 1. The molecule has 3 fully saturated rings. The van der Waals surface area contributed by atoms with Crippen LogP contribution in [-0.2, 0) is 14.3 Å². The first kappa shape index (κ1) is 27.3. The monoisotopic (exact) mass is 511 g/mol.